The molecule has 1 aliphatic rings. The molecule has 0 aromatic heterocycles. The summed E-state index contributed by atoms with van der Waals surface area (Å²) in [5.41, 5.74) is 2.44. The van der Waals surface area contributed by atoms with Gasteiger partial charge in [-0.25, -0.2) is 0 Å². The number of aryl methyl sites for hydroxylation is 1. The number of nitrogens with one attached hydrogen (secondary N) is 1. The molecule has 3 nitrogen and oxygen atoms in total. The van der Waals surface area contributed by atoms with E-state index in [4.69, 9.17) is 0 Å². The summed E-state index contributed by atoms with van der Waals surface area (Å²) in [6.07, 6.45) is 0.607. The molecule has 104 valence electrons. The average Bonchev–Trinajstić information content (AvgIpc) is 2.42. The molecule has 1 aromatic carbocycles. The lowest BCUT2D eigenvalue weighted by Crippen LogP contribution is -2.41. The van der Waals surface area contributed by atoms with Gasteiger partial charge in [0.2, 0.25) is 5.91 Å². The highest BCUT2D eigenvalue weighted by atomic mass is 32.2. The molecule has 1 heterocycles. The maximum absolute atomic E-state index is 12.2. The number of nitrogens with zero attached hydrogens (tertiary/aromatic N) is 1. The third-order valence-electron chi connectivity index (χ3n) is 3.39. The zero-order valence-corrected chi connectivity index (χ0v) is 12.5. The van der Waals surface area contributed by atoms with Gasteiger partial charge in [0.05, 0.1) is 0 Å². The van der Waals surface area contributed by atoms with Crippen molar-refractivity contribution >= 4 is 17.7 Å². The molecular weight excluding hydrogens is 256 g/mol. The fourth-order valence-corrected chi connectivity index (χ4v) is 3.12. The Balaban J connectivity index is 1.83. The maximum atomic E-state index is 12.2. The number of carbonyl (C=O) groups is 1. The van der Waals surface area contributed by atoms with Gasteiger partial charge in [0.25, 0.3) is 0 Å². The van der Waals surface area contributed by atoms with Crippen LogP contribution in [0, 0.1) is 6.92 Å². The highest BCUT2D eigenvalue weighted by molar-refractivity contribution is 7.99. The summed E-state index contributed by atoms with van der Waals surface area (Å²) in [5.74, 6) is 2.43. The summed E-state index contributed by atoms with van der Waals surface area (Å²) in [6, 6.07) is 8.70. The van der Waals surface area contributed by atoms with Crippen LogP contribution in [0.15, 0.2) is 24.3 Å². The van der Waals surface area contributed by atoms with Gasteiger partial charge in [-0.3, -0.25) is 4.79 Å². The van der Waals surface area contributed by atoms with E-state index in [1.54, 1.807) is 0 Å². The van der Waals surface area contributed by atoms with E-state index >= 15 is 0 Å². The van der Waals surface area contributed by atoms with Gasteiger partial charge in [-0.05, 0) is 12.5 Å². The van der Waals surface area contributed by atoms with Crippen molar-refractivity contribution in [3.8, 4) is 0 Å². The second-order valence-corrected chi connectivity index (χ2v) is 6.32. The van der Waals surface area contributed by atoms with Gasteiger partial charge in [0, 0.05) is 44.1 Å². The van der Waals surface area contributed by atoms with Crippen LogP contribution in [0.4, 0.5) is 0 Å². The Labute approximate surface area is 119 Å². The first-order valence-corrected chi connectivity index (χ1v) is 7.91. The molecule has 4 heteroatoms. The van der Waals surface area contributed by atoms with Crippen LogP contribution in [0.2, 0.25) is 0 Å². The van der Waals surface area contributed by atoms with Crippen molar-refractivity contribution in [3.05, 3.63) is 35.4 Å². The van der Waals surface area contributed by atoms with Crippen molar-refractivity contribution in [1.29, 1.82) is 0 Å². The van der Waals surface area contributed by atoms with Gasteiger partial charge in [0.1, 0.15) is 0 Å². The monoisotopic (exact) mass is 278 g/mol. The molecule has 0 bridgehead atoms. The first kappa shape index (κ1) is 14.4. The van der Waals surface area contributed by atoms with Crippen molar-refractivity contribution in [2.45, 2.75) is 25.9 Å². The highest BCUT2D eigenvalue weighted by Crippen LogP contribution is 2.12. The van der Waals surface area contributed by atoms with Crippen LogP contribution < -0.4 is 5.32 Å². The minimum Gasteiger partial charge on any atom is -0.341 e. The summed E-state index contributed by atoms with van der Waals surface area (Å²) >= 11 is 1.93. The first-order chi connectivity index (χ1) is 9.15. The third-order valence-corrected chi connectivity index (χ3v) is 4.52. The Morgan fingerprint density at radius 3 is 2.79 bits per heavy atom. The molecule has 0 radical (unpaired) electrons. The van der Waals surface area contributed by atoms with Crippen molar-refractivity contribution < 1.29 is 4.79 Å². The van der Waals surface area contributed by atoms with Gasteiger partial charge in [-0.2, -0.15) is 11.8 Å². The highest BCUT2D eigenvalue weighted by Gasteiger charge is 2.19. The first-order valence-electron chi connectivity index (χ1n) is 6.76. The quantitative estimate of drug-likeness (QED) is 0.915. The number of benzene rings is 1. The number of carbonyl (C=O) groups excluding carboxylic acids is 1. The lowest BCUT2D eigenvalue weighted by atomic mass is 10.1. The minimum absolute atomic E-state index is 0.223. The third kappa shape index (κ3) is 4.55. The van der Waals surface area contributed by atoms with Crippen molar-refractivity contribution in [3.63, 3.8) is 0 Å². The predicted molar refractivity (Wildman–Crippen MR) is 81.4 cm³/mol. The lowest BCUT2D eigenvalue weighted by molar-refractivity contribution is -0.130. The summed E-state index contributed by atoms with van der Waals surface area (Å²) in [7, 11) is 1.89. The largest absolute Gasteiger partial charge is 0.341 e. The molecule has 1 aliphatic heterocycles. The van der Waals surface area contributed by atoms with Gasteiger partial charge >= 0.3 is 0 Å². The Bertz CT molecular complexity index is 413. The number of amides is 1. The fraction of sp³-hybridized carbons (Fsp3) is 0.533. The van der Waals surface area contributed by atoms with Gasteiger partial charge in [-0.15, -0.1) is 0 Å². The minimum atomic E-state index is 0.223. The van der Waals surface area contributed by atoms with Crippen LogP contribution in [0.3, 0.4) is 0 Å². The number of thioether (sulfide) groups is 1. The van der Waals surface area contributed by atoms with Gasteiger partial charge in [0.15, 0.2) is 0 Å². The van der Waals surface area contributed by atoms with E-state index in [0.29, 0.717) is 19.0 Å². The molecule has 1 unspecified atom stereocenters. The van der Waals surface area contributed by atoms with Gasteiger partial charge < -0.3 is 10.2 Å². The Hall–Kier alpha value is -1.00. The van der Waals surface area contributed by atoms with Crippen LogP contribution in [-0.2, 0) is 11.3 Å². The standard InChI is InChI=1S/C15H22N2OS/c1-12-3-5-13(6-4-12)10-17(2)15(18)9-14-11-19-8-7-16-14/h3-6,14,16H,7-11H2,1-2H3. The number of hydrogen-bond acceptors (Lipinski definition) is 3. The molecule has 0 aliphatic carbocycles. The van der Waals surface area contributed by atoms with E-state index in [0.717, 1.165) is 18.1 Å². The predicted octanol–water partition coefficient (Wildman–Crippen LogP) is 2.05. The fourth-order valence-electron chi connectivity index (χ4n) is 2.17. The number of hydrogen-bond donors (Lipinski definition) is 1. The maximum Gasteiger partial charge on any atom is 0.224 e. The molecule has 1 aromatic rings. The normalized spacial score (nSPS) is 19.2. The van der Waals surface area contributed by atoms with Crippen LogP contribution in [0.25, 0.3) is 0 Å². The molecule has 1 saturated heterocycles. The van der Waals surface area contributed by atoms with Crippen LogP contribution in [0.1, 0.15) is 17.5 Å². The van der Waals surface area contributed by atoms with Crippen molar-refractivity contribution in [2.75, 3.05) is 25.1 Å². The molecule has 1 atom stereocenters. The SMILES string of the molecule is Cc1ccc(CN(C)C(=O)CC2CSCCN2)cc1. The molecular formula is C15H22N2OS. The molecule has 19 heavy (non-hydrogen) atoms. The van der Waals surface area contributed by atoms with E-state index in [1.165, 1.54) is 11.1 Å². The molecule has 0 saturated carbocycles. The second kappa shape index (κ2) is 6.96. The molecule has 0 spiro atoms. The Morgan fingerprint density at radius 1 is 1.42 bits per heavy atom. The molecule has 2 rings (SSSR count). The van der Waals surface area contributed by atoms with Crippen LogP contribution in [-0.4, -0.2) is 41.9 Å². The lowest BCUT2D eigenvalue weighted by Gasteiger charge is -2.25. The Morgan fingerprint density at radius 2 is 2.16 bits per heavy atom. The zero-order chi connectivity index (χ0) is 13.7. The summed E-state index contributed by atoms with van der Waals surface area (Å²) in [4.78, 5) is 14.0. The number of rotatable bonds is 4. The van der Waals surface area contributed by atoms with Crippen molar-refractivity contribution in [1.82, 2.24) is 10.2 Å². The second-order valence-electron chi connectivity index (χ2n) is 5.17. The van der Waals surface area contributed by atoms with E-state index in [1.807, 2.05) is 23.7 Å². The average molecular weight is 278 g/mol. The summed E-state index contributed by atoms with van der Waals surface area (Å²) < 4.78 is 0. The van der Waals surface area contributed by atoms with E-state index in [9.17, 15) is 4.79 Å². The Kier molecular flexibility index (Phi) is 5.28. The zero-order valence-electron chi connectivity index (χ0n) is 11.7. The molecule has 1 fully saturated rings. The van der Waals surface area contributed by atoms with E-state index in [2.05, 4.69) is 36.5 Å². The van der Waals surface area contributed by atoms with E-state index < -0.39 is 0 Å². The van der Waals surface area contributed by atoms with Crippen molar-refractivity contribution in [2.24, 2.45) is 0 Å². The van der Waals surface area contributed by atoms with Crippen LogP contribution in [0.5, 0.6) is 0 Å². The molecule has 1 N–H and O–H groups in total. The van der Waals surface area contributed by atoms with Crippen LogP contribution >= 0.6 is 11.8 Å². The topological polar surface area (TPSA) is 32.3 Å². The smallest absolute Gasteiger partial charge is 0.224 e. The van der Waals surface area contributed by atoms with E-state index in [-0.39, 0.29) is 5.91 Å². The summed E-state index contributed by atoms with van der Waals surface area (Å²) in [6.45, 7) is 3.79. The molecule has 1 amide bonds. The summed E-state index contributed by atoms with van der Waals surface area (Å²) in [5, 5.41) is 3.41. The van der Waals surface area contributed by atoms with Gasteiger partial charge in [-0.1, -0.05) is 29.8 Å².